The largest absolute Gasteiger partial charge is 0.480 e. The number of nitrogens with one attached hydrogen (secondary N) is 4. The summed E-state index contributed by atoms with van der Waals surface area (Å²) in [4.78, 5) is 89.2. The minimum atomic E-state index is -1.67. The molecule has 1 aliphatic rings. The molecule has 1 aromatic carbocycles. The predicted molar refractivity (Wildman–Crippen MR) is 187 cm³/mol. The van der Waals surface area contributed by atoms with Crippen molar-refractivity contribution in [1.82, 2.24) is 35.7 Å². The number of likely N-dealkylation sites (N-methyl/N-ethyl adjacent to an activating group) is 1. The minimum absolute atomic E-state index is 0.0246. The Labute approximate surface area is 306 Å². The van der Waals surface area contributed by atoms with Gasteiger partial charge in [0.15, 0.2) is 0 Å². The van der Waals surface area contributed by atoms with Crippen molar-refractivity contribution in [3.8, 4) is 0 Å². The number of hydrogen-bond donors (Lipinski definition) is 10. The van der Waals surface area contributed by atoms with Crippen molar-refractivity contribution in [1.29, 1.82) is 0 Å². The monoisotopic (exact) mass is 752 g/mol. The van der Waals surface area contributed by atoms with E-state index in [-0.39, 0.29) is 64.5 Å². The molecule has 1 saturated heterocycles. The van der Waals surface area contributed by atoms with Crippen molar-refractivity contribution in [2.75, 3.05) is 84.0 Å². The van der Waals surface area contributed by atoms with Gasteiger partial charge in [-0.1, -0.05) is 6.92 Å². The lowest BCUT2D eigenvalue weighted by molar-refractivity contribution is -0.142. The average molecular weight is 753 g/mol. The van der Waals surface area contributed by atoms with Gasteiger partial charge in [-0.3, -0.25) is 59.1 Å². The molecule has 1 aromatic rings. The Morgan fingerprint density at radius 1 is 0.830 bits per heavy atom. The van der Waals surface area contributed by atoms with Crippen molar-refractivity contribution in [2.24, 2.45) is 0 Å². The first-order chi connectivity index (χ1) is 25.1. The quantitative estimate of drug-likeness (QED) is 0.0324. The molecule has 1 fully saturated rings. The second-order valence-corrected chi connectivity index (χ2v) is 12.3. The highest BCUT2D eigenvalue weighted by molar-refractivity contribution is 6.43. The van der Waals surface area contributed by atoms with Crippen LogP contribution in [-0.4, -0.2) is 189 Å². The van der Waals surface area contributed by atoms with E-state index in [4.69, 9.17) is 5.11 Å². The summed E-state index contributed by atoms with van der Waals surface area (Å²) in [5.41, 5.74) is 5.54. The lowest BCUT2D eigenvalue weighted by Gasteiger charge is -2.28. The molecule has 294 valence electrons. The maximum absolute atomic E-state index is 12.5. The Kier molecular flexibility index (Phi) is 19.2. The highest BCUT2D eigenvalue weighted by Gasteiger charge is 2.36. The van der Waals surface area contributed by atoms with E-state index in [2.05, 4.69) is 21.5 Å². The number of nitrogens with zero attached hydrogens (tertiary/aromatic N) is 4. The first kappa shape index (κ1) is 44.3. The van der Waals surface area contributed by atoms with Gasteiger partial charge >= 0.3 is 31.0 Å². The fraction of sp³-hybridized carbons (Fsp3) is 0.581. The van der Waals surface area contributed by atoms with Crippen molar-refractivity contribution < 1.29 is 64.0 Å². The number of carbonyl (C=O) groups is 7. The van der Waals surface area contributed by atoms with Gasteiger partial charge in [0, 0.05) is 51.4 Å². The second kappa shape index (κ2) is 22.9. The first-order valence-electron chi connectivity index (χ1n) is 17.0. The van der Waals surface area contributed by atoms with Gasteiger partial charge in [-0.2, -0.15) is 0 Å². The fourth-order valence-electron chi connectivity index (χ4n) is 5.53. The van der Waals surface area contributed by atoms with Crippen LogP contribution in [0.3, 0.4) is 0 Å². The lowest BCUT2D eigenvalue weighted by Crippen LogP contribution is -2.48. The number of hydrazine groups is 1. The molecule has 1 heterocycles. The zero-order chi connectivity index (χ0) is 39.5. The zero-order valence-electron chi connectivity index (χ0n) is 29.5. The third-order valence-electron chi connectivity index (χ3n) is 8.35. The fourth-order valence-corrected chi connectivity index (χ4v) is 5.53. The molecule has 3 amide bonds. The van der Waals surface area contributed by atoms with Crippen LogP contribution in [0.15, 0.2) is 24.3 Å². The SMILES string of the molecule is CCN(CCN(CCN(CCNC(CC(=O)NNc1ccc(C(=O)NCC(=O)N2CCC[C@H]2B(O)O)cc1)C(=O)O)CC(=O)O)CC(=O)O)CC(=O)O. The van der Waals surface area contributed by atoms with E-state index in [0.717, 1.165) is 0 Å². The molecule has 0 spiro atoms. The number of anilines is 1. The molecule has 0 saturated carbocycles. The smallest absolute Gasteiger partial charge is 0.475 e. The van der Waals surface area contributed by atoms with Crippen LogP contribution in [0.1, 0.15) is 36.5 Å². The van der Waals surface area contributed by atoms with Crippen molar-refractivity contribution in [3.05, 3.63) is 29.8 Å². The van der Waals surface area contributed by atoms with Crippen molar-refractivity contribution >= 4 is 54.4 Å². The Hall–Kier alpha value is -4.87. The van der Waals surface area contributed by atoms with Crippen LogP contribution in [0.4, 0.5) is 5.69 Å². The lowest BCUT2D eigenvalue weighted by atomic mass is 9.78. The summed E-state index contributed by atoms with van der Waals surface area (Å²) < 4.78 is 0. The number of carboxylic acids is 4. The molecule has 0 aliphatic carbocycles. The van der Waals surface area contributed by atoms with Crippen molar-refractivity contribution in [2.45, 2.75) is 38.2 Å². The summed E-state index contributed by atoms with van der Waals surface area (Å²) in [5, 5.41) is 61.5. The van der Waals surface area contributed by atoms with Crippen molar-refractivity contribution in [3.63, 3.8) is 0 Å². The molecule has 0 radical (unpaired) electrons. The van der Waals surface area contributed by atoms with Crippen LogP contribution in [-0.2, 0) is 28.8 Å². The molecule has 0 bridgehead atoms. The molecule has 1 unspecified atom stereocenters. The summed E-state index contributed by atoms with van der Waals surface area (Å²) in [6.45, 7) is 2.01. The van der Waals surface area contributed by atoms with E-state index in [1.807, 2.05) is 0 Å². The van der Waals surface area contributed by atoms with E-state index in [1.165, 1.54) is 34.1 Å². The highest BCUT2D eigenvalue weighted by Crippen LogP contribution is 2.18. The zero-order valence-corrected chi connectivity index (χ0v) is 29.5. The molecule has 21 nitrogen and oxygen atoms in total. The predicted octanol–water partition coefficient (Wildman–Crippen LogP) is -3.52. The summed E-state index contributed by atoms with van der Waals surface area (Å²) in [5.74, 6) is -7.05. The molecule has 0 aromatic heterocycles. The molecule has 22 heteroatoms. The van der Waals surface area contributed by atoms with E-state index < -0.39 is 73.7 Å². The second-order valence-electron chi connectivity index (χ2n) is 12.3. The number of likely N-dealkylation sites (tertiary alicyclic amines) is 1. The first-order valence-corrected chi connectivity index (χ1v) is 17.0. The summed E-state index contributed by atoms with van der Waals surface area (Å²) >= 11 is 0. The van der Waals surface area contributed by atoms with Gasteiger partial charge in [0.1, 0.15) is 6.04 Å². The van der Waals surface area contributed by atoms with Gasteiger partial charge in [-0.15, -0.1) is 0 Å². The Bertz CT molecular complexity index is 1400. The number of carbonyl (C=O) groups excluding carboxylic acids is 3. The van der Waals surface area contributed by atoms with E-state index >= 15 is 0 Å². The molecular weight excluding hydrogens is 703 g/mol. The van der Waals surface area contributed by atoms with Crippen LogP contribution in [0.5, 0.6) is 0 Å². The number of rotatable bonds is 26. The van der Waals surface area contributed by atoms with Crippen LogP contribution < -0.4 is 21.5 Å². The molecule has 53 heavy (non-hydrogen) atoms. The molecular formula is C31H49BN8O13. The molecule has 2 rings (SSSR count). The number of benzene rings is 1. The topological polar surface area (TPSA) is 302 Å². The van der Waals surface area contributed by atoms with Gasteiger partial charge in [-0.25, -0.2) is 0 Å². The number of amides is 3. The average Bonchev–Trinajstić information content (AvgIpc) is 3.60. The maximum atomic E-state index is 12.5. The van der Waals surface area contributed by atoms with Gasteiger partial charge in [0.05, 0.1) is 44.2 Å². The number of hydrogen-bond acceptors (Lipinski definition) is 14. The Balaban J connectivity index is 1.83. The van der Waals surface area contributed by atoms with Gasteiger partial charge < -0.3 is 46.0 Å². The Morgan fingerprint density at radius 2 is 1.38 bits per heavy atom. The van der Waals surface area contributed by atoms with E-state index in [0.29, 0.717) is 31.6 Å². The van der Waals surface area contributed by atoms with Crippen LogP contribution in [0, 0.1) is 0 Å². The van der Waals surface area contributed by atoms with Crippen LogP contribution >= 0.6 is 0 Å². The molecule has 10 N–H and O–H groups in total. The number of aliphatic carboxylic acids is 4. The molecule has 2 atom stereocenters. The Morgan fingerprint density at radius 3 is 1.91 bits per heavy atom. The summed E-state index contributed by atoms with van der Waals surface area (Å²) in [6, 6.07) is 4.44. The number of carboxylic acid groups (broad SMARTS) is 4. The van der Waals surface area contributed by atoms with E-state index in [9.17, 15) is 58.9 Å². The molecule has 1 aliphatic heterocycles. The van der Waals surface area contributed by atoms with Crippen LogP contribution in [0.25, 0.3) is 0 Å². The normalized spacial score (nSPS) is 14.6. The van der Waals surface area contributed by atoms with Gasteiger partial charge in [0.2, 0.25) is 11.8 Å². The minimum Gasteiger partial charge on any atom is -0.480 e. The summed E-state index contributed by atoms with van der Waals surface area (Å²) in [7, 11) is -1.67. The third-order valence-corrected chi connectivity index (χ3v) is 8.35. The van der Waals surface area contributed by atoms with Gasteiger partial charge in [0.25, 0.3) is 5.91 Å². The third kappa shape index (κ3) is 17.0. The highest BCUT2D eigenvalue weighted by atomic mass is 16.4. The van der Waals surface area contributed by atoms with Gasteiger partial charge in [-0.05, 0) is 43.7 Å². The summed E-state index contributed by atoms with van der Waals surface area (Å²) in [6.07, 6.45) is 0.561. The van der Waals surface area contributed by atoms with Crippen LogP contribution in [0.2, 0.25) is 0 Å². The van der Waals surface area contributed by atoms with E-state index in [1.54, 1.807) is 16.7 Å². The standard InChI is InChI=1S/C31H49BN8O13/c1-2-37(18-27(43)44)12-13-39(20-29(47)48)15-14-38(19-28(45)46)11-9-33-23(31(50)51)16-25(41)36-35-22-7-5-21(6-8-22)30(49)34-17-26(42)40-10-3-4-24(40)32(52)53/h5-8,23-24,33,35,52-53H,2-4,9-20H2,1H3,(H,34,49)(H,36,41)(H,43,44)(H,45,46)(H,47,48)(H,50,51)/t23?,24-/m0/s1. The maximum Gasteiger partial charge on any atom is 0.475 e.